The summed E-state index contributed by atoms with van der Waals surface area (Å²) in [6.07, 6.45) is 0. The molecule has 0 saturated heterocycles. The maximum Gasteiger partial charge on any atom is 0.335 e. The highest BCUT2D eigenvalue weighted by Crippen LogP contribution is 2.22. The minimum Gasteiger partial charge on any atom is -0.478 e. The van der Waals surface area contributed by atoms with E-state index < -0.39 is 5.97 Å². The Bertz CT molecular complexity index is 668. The number of benzene rings is 1. The van der Waals surface area contributed by atoms with Crippen LogP contribution in [0.2, 0.25) is 0 Å². The highest BCUT2D eigenvalue weighted by molar-refractivity contribution is 6.06. The van der Waals surface area contributed by atoms with Crippen LogP contribution in [0.25, 0.3) is 0 Å². The number of furan rings is 1. The Morgan fingerprint density at radius 2 is 1.65 bits per heavy atom. The Balaban J connectivity index is 2.21. The van der Waals surface area contributed by atoms with Crippen molar-refractivity contribution in [2.24, 2.45) is 0 Å². The van der Waals surface area contributed by atoms with Crippen LogP contribution in [0, 0.1) is 20.8 Å². The number of hydrogen-bond donors (Lipinski definition) is 2. The zero-order valence-electron chi connectivity index (χ0n) is 11.5. The first-order valence-electron chi connectivity index (χ1n) is 6.11. The van der Waals surface area contributed by atoms with Gasteiger partial charge in [0.2, 0.25) is 0 Å². The highest BCUT2D eigenvalue weighted by Gasteiger charge is 2.18. The van der Waals surface area contributed by atoms with Gasteiger partial charge in [0.25, 0.3) is 5.91 Å². The number of hydrogen-bond acceptors (Lipinski definition) is 3. The molecular formula is C15H15NO4. The van der Waals surface area contributed by atoms with E-state index in [0.29, 0.717) is 22.8 Å². The fourth-order valence-corrected chi connectivity index (χ4v) is 2.02. The molecule has 0 fully saturated rings. The molecule has 0 radical (unpaired) electrons. The van der Waals surface area contributed by atoms with Crippen molar-refractivity contribution in [1.29, 1.82) is 0 Å². The molecule has 104 valence electrons. The van der Waals surface area contributed by atoms with Crippen LogP contribution in [-0.2, 0) is 0 Å². The lowest BCUT2D eigenvalue weighted by Crippen LogP contribution is -2.13. The Morgan fingerprint density at radius 1 is 1.05 bits per heavy atom. The van der Waals surface area contributed by atoms with Gasteiger partial charge in [-0.3, -0.25) is 4.79 Å². The van der Waals surface area contributed by atoms with Crippen molar-refractivity contribution in [3.63, 3.8) is 0 Å². The lowest BCUT2D eigenvalue weighted by atomic mass is 10.1. The van der Waals surface area contributed by atoms with Gasteiger partial charge >= 0.3 is 5.97 Å². The van der Waals surface area contributed by atoms with Crippen molar-refractivity contribution in [1.82, 2.24) is 0 Å². The average molecular weight is 273 g/mol. The van der Waals surface area contributed by atoms with Gasteiger partial charge in [-0.25, -0.2) is 4.79 Å². The minimum atomic E-state index is -1.000. The van der Waals surface area contributed by atoms with Gasteiger partial charge in [0.05, 0.1) is 11.1 Å². The molecule has 2 rings (SSSR count). The van der Waals surface area contributed by atoms with Crippen molar-refractivity contribution in [2.75, 3.05) is 5.32 Å². The summed E-state index contributed by atoms with van der Waals surface area (Å²) >= 11 is 0. The molecule has 0 bridgehead atoms. The smallest absolute Gasteiger partial charge is 0.335 e. The number of rotatable bonds is 3. The molecule has 1 aromatic heterocycles. The lowest BCUT2D eigenvalue weighted by Gasteiger charge is -2.05. The summed E-state index contributed by atoms with van der Waals surface area (Å²) < 4.78 is 5.42. The molecule has 0 aliphatic heterocycles. The number of carbonyl (C=O) groups excluding carboxylic acids is 1. The first-order valence-corrected chi connectivity index (χ1v) is 6.11. The number of aromatic carboxylic acids is 1. The number of aryl methyl sites for hydroxylation is 2. The van der Waals surface area contributed by atoms with E-state index >= 15 is 0 Å². The third-order valence-corrected chi connectivity index (χ3v) is 3.18. The lowest BCUT2D eigenvalue weighted by molar-refractivity contribution is 0.0696. The summed E-state index contributed by atoms with van der Waals surface area (Å²) in [4.78, 5) is 22.9. The van der Waals surface area contributed by atoms with E-state index in [1.54, 1.807) is 26.0 Å². The zero-order valence-corrected chi connectivity index (χ0v) is 11.5. The Hall–Kier alpha value is -2.56. The molecule has 1 heterocycles. The molecule has 0 unspecified atom stereocenters. The summed E-state index contributed by atoms with van der Waals surface area (Å²) in [5.41, 5.74) is 2.04. The molecule has 0 aliphatic carbocycles. The number of anilines is 1. The van der Waals surface area contributed by atoms with Crippen LogP contribution in [0.3, 0.4) is 0 Å². The van der Waals surface area contributed by atoms with E-state index in [2.05, 4.69) is 5.32 Å². The van der Waals surface area contributed by atoms with Crippen molar-refractivity contribution in [3.05, 3.63) is 52.5 Å². The number of carbonyl (C=O) groups is 2. The van der Waals surface area contributed by atoms with Crippen LogP contribution in [-0.4, -0.2) is 17.0 Å². The van der Waals surface area contributed by atoms with E-state index in [1.165, 1.54) is 12.1 Å². The van der Waals surface area contributed by atoms with Crippen molar-refractivity contribution in [2.45, 2.75) is 20.8 Å². The van der Waals surface area contributed by atoms with E-state index in [1.807, 2.05) is 6.92 Å². The molecule has 0 saturated carbocycles. The van der Waals surface area contributed by atoms with E-state index in [-0.39, 0.29) is 11.5 Å². The quantitative estimate of drug-likeness (QED) is 0.900. The second kappa shape index (κ2) is 5.21. The minimum absolute atomic E-state index is 0.175. The topological polar surface area (TPSA) is 79.5 Å². The molecular weight excluding hydrogens is 258 g/mol. The summed E-state index contributed by atoms with van der Waals surface area (Å²) in [5.74, 6) is 0.0217. The number of amides is 1. The van der Waals surface area contributed by atoms with Crippen LogP contribution in [0.5, 0.6) is 0 Å². The summed E-state index contributed by atoms with van der Waals surface area (Å²) in [7, 11) is 0. The first kappa shape index (κ1) is 13.9. The predicted molar refractivity (Wildman–Crippen MR) is 74.3 cm³/mol. The van der Waals surface area contributed by atoms with Crippen molar-refractivity contribution < 1.29 is 19.1 Å². The number of carboxylic acid groups (broad SMARTS) is 1. The molecule has 20 heavy (non-hydrogen) atoms. The maximum atomic E-state index is 12.2. The molecule has 2 N–H and O–H groups in total. The molecule has 0 atom stereocenters. The van der Waals surface area contributed by atoms with E-state index in [9.17, 15) is 9.59 Å². The van der Waals surface area contributed by atoms with Gasteiger partial charge in [0.15, 0.2) is 0 Å². The van der Waals surface area contributed by atoms with Crippen LogP contribution >= 0.6 is 0 Å². The van der Waals surface area contributed by atoms with Gasteiger partial charge in [0.1, 0.15) is 11.5 Å². The summed E-state index contributed by atoms with van der Waals surface area (Å²) in [6, 6.07) is 5.99. The van der Waals surface area contributed by atoms with Crippen LogP contribution in [0.15, 0.2) is 28.7 Å². The van der Waals surface area contributed by atoms with Gasteiger partial charge in [-0.2, -0.15) is 0 Å². The molecule has 5 nitrogen and oxygen atoms in total. The second-order valence-electron chi connectivity index (χ2n) is 4.55. The highest BCUT2D eigenvalue weighted by atomic mass is 16.4. The van der Waals surface area contributed by atoms with Gasteiger partial charge in [-0.05, 0) is 45.0 Å². The monoisotopic (exact) mass is 273 g/mol. The van der Waals surface area contributed by atoms with E-state index in [0.717, 1.165) is 5.56 Å². The normalized spacial score (nSPS) is 10.3. The van der Waals surface area contributed by atoms with Crippen LogP contribution in [0.1, 0.15) is 37.8 Å². The molecule has 0 aliphatic rings. The molecule has 1 amide bonds. The fraction of sp³-hybridized carbons (Fsp3) is 0.200. The van der Waals surface area contributed by atoms with Gasteiger partial charge in [0, 0.05) is 11.3 Å². The first-order chi connectivity index (χ1) is 9.40. The number of carboxylic acids is 1. The predicted octanol–water partition coefficient (Wildman–Crippen LogP) is 3.16. The Kier molecular flexibility index (Phi) is 3.61. The Morgan fingerprint density at radius 3 is 2.10 bits per heavy atom. The van der Waals surface area contributed by atoms with Crippen LogP contribution < -0.4 is 5.32 Å². The fourth-order valence-electron chi connectivity index (χ4n) is 2.02. The summed E-state index contributed by atoms with van der Waals surface area (Å²) in [6.45, 7) is 5.37. The average Bonchev–Trinajstić information content (AvgIpc) is 2.63. The molecule has 0 spiro atoms. The third-order valence-electron chi connectivity index (χ3n) is 3.18. The van der Waals surface area contributed by atoms with Gasteiger partial charge in [-0.15, -0.1) is 0 Å². The van der Waals surface area contributed by atoms with Gasteiger partial charge < -0.3 is 14.8 Å². The molecule has 1 aromatic carbocycles. The van der Waals surface area contributed by atoms with E-state index in [4.69, 9.17) is 9.52 Å². The number of nitrogens with one attached hydrogen (secondary N) is 1. The summed E-state index contributed by atoms with van der Waals surface area (Å²) in [5, 5.41) is 11.5. The molecule has 2 aromatic rings. The van der Waals surface area contributed by atoms with Gasteiger partial charge in [-0.1, -0.05) is 0 Å². The standard InChI is InChI=1S/C15H15NO4/c1-8-9(2)20-10(3)13(8)14(17)16-12-6-4-11(5-7-12)15(18)19/h4-7H,1-3H3,(H,16,17)(H,18,19). The van der Waals surface area contributed by atoms with Crippen molar-refractivity contribution in [3.8, 4) is 0 Å². The largest absolute Gasteiger partial charge is 0.478 e. The van der Waals surface area contributed by atoms with Crippen molar-refractivity contribution >= 4 is 17.6 Å². The zero-order chi connectivity index (χ0) is 14.9. The third kappa shape index (κ3) is 2.56. The Labute approximate surface area is 116 Å². The second-order valence-corrected chi connectivity index (χ2v) is 4.55. The maximum absolute atomic E-state index is 12.2. The molecule has 5 heteroatoms. The SMILES string of the molecule is Cc1oc(C)c(C(=O)Nc2ccc(C(=O)O)cc2)c1C. The van der Waals surface area contributed by atoms with Crippen LogP contribution in [0.4, 0.5) is 5.69 Å².